The Morgan fingerprint density at radius 3 is 2.52 bits per heavy atom. The van der Waals surface area contributed by atoms with Gasteiger partial charge in [-0.25, -0.2) is 9.69 Å². The van der Waals surface area contributed by atoms with Gasteiger partial charge in [-0.2, -0.15) is 0 Å². The smallest absolute Gasteiger partial charge is 0.406 e. The fourth-order valence-corrected chi connectivity index (χ4v) is 2.63. The van der Waals surface area contributed by atoms with Crippen molar-refractivity contribution >= 4 is 17.5 Å². The molecule has 9 nitrogen and oxygen atoms in total. The van der Waals surface area contributed by atoms with Gasteiger partial charge in [0.25, 0.3) is 5.91 Å². The number of aromatic amines is 1. The van der Waals surface area contributed by atoms with Crippen LogP contribution in [0, 0.1) is 0 Å². The van der Waals surface area contributed by atoms with Gasteiger partial charge >= 0.3 is 17.7 Å². The minimum absolute atomic E-state index is 0.0157. The predicted molar refractivity (Wildman–Crippen MR) is 81.4 cm³/mol. The first-order valence-electron chi connectivity index (χ1n) is 7.68. The number of hydrogen-bond acceptors (Lipinski definition) is 6. The Bertz CT molecular complexity index is 919. The van der Waals surface area contributed by atoms with Gasteiger partial charge < -0.3 is 4.74 Å². The average molecular weight is 387 g/mol. The van der Waals surface area contributed by atoms with Crippen LogP contribution in [0.5, 0.6) is 5.75 Å². The Balaban J connectivity index is 1.69. The summed E-state index contributed by atoms with van der Waals surface area (Å²) in [5, 5.41) is 5.12. The van der Waals surface area contributed by atoms with E-state index in [-0.39, 0.29) is 24.3 Å². The molecule has 2 amide bonds. The largest absolute Gasteiger partial charge is 0.573 e. The van der Waals surface area contributed by atoms with Crippen LogP contribution in [0.3, 0.4) is 0 Å². The molecule has 1 atom stereocenters. The highest BCUT2D eigenvalue weighted by molar-refractivity contribution is 6.22. The molecule has 144 valence electrons. The van der Waals surface area contributed by atoms with E-state index in [2.05, 4.69) is 19.8 Å². The number of aryl methyl sites for hydroxylation is 1. The highest BCUT2D eigenvalue weighted by Crippen LogP contribution is 2.28. The summed E-state index contributed by atoms with van der Waals surface area (Å²) in [4.78, 5) is 37.0. The van der Waals surface area contributed by atoms with Gasteiger partial charge in [-0.1, -0.05) is 4.68 Å². The van der Waals surface area contributed by atoms with Gasteiger partial charge in [0.05, 0.1) is 24.7 Å². The fraction of sp³-hybridized carbons (Fsp3) is 0.333. The molecule has 2 aromatic rings. The van der Waals surface area contributed by atoms with Crippen LogP contribution in [0.2, 0.25) is 0 Å². The summed E-state index contributed by atoms with van der Waals surface area (Å²) in [7, 11) is 1.54. The van der Waals surface area contributed by atoms with Gasteiger partial charge in [0.2, 0.25) is 5.91 Å². The lowest BCUT2D eigenvalue weighted by atomic mass is 10.2. The van der Waals surface area contributed by atoms with Crippen molar-refractivity contribution in [1.29, 1.82) is 0 Å². The number of benzene rings is 1. The van der Waals surface area contributed by atoms with Gasteiger partial charge in [-0.15, -0.1) is 13.2 Å². The zero-order valence-electron chi connectivity index (χ0n) is 13.9. The highest BCUT2D eigenvalue weighted by atomic mass is 19.4. The molecule has 1 aromatic carbocycles. The second-order valence-corrected chi connectivity index (χ2v) is 5.73. The molecule has 1 unspecified atom stereocenters. The first-order valence-corrected chi connectivity index (χ1v) is 7.68. The lowest BCUT2D eigenvalue weighted by Gasteiger charge is -2.16. The Morgan fingerprint density at radius 2 is 1.96 bits per heavy atom. The number of H-pyrrole nitrogens is 1. The maximum atomic E-state index is 12.5. The van der Waals surface area contributed by atoms with Crippen LogP contribution in [0.15, 0.2) is 33.6 Å². The zero-order chi connectivity index (χ0) is 19.8. The van der Waals surface area contributed by atoms with E-state index in [9.17, 15) is 27.6 Å². The van der Waals surface area contributed by atoms with Crippen LogP contribution in [-0.2, 0) is 23.2 Å². The number of amides is 2. The molecule has 2 heterocycles. The molecule has 27 heavy (non-hydrogen) atoms. The number of ether oxygens (including phenoxy) is 1. The Morgan fingerprint density at radius 1 is 1.30 bits per heavy atom. The number of carbonyl (C=O) groups excluding carboxylic acids is 2. The molecular formula is C15H14F3N4O5+. The number of alkyl halides is 3. The van der Waals surface area contributed by atoms with Gasteiger partial charge in [0.15, 0.2) is 7.05 Å². The van der Waals surface area contributed by atoms with E-state index in [4.69, 9.17) is 0 Å². The summed E-state index contributed by atoms with van der Waals surface area (Å²) in [6.45, 7) is -0.0157. The summed E-state index contributed by atoms with van der Waals surface area (Å²) < 4.78 is 46.2. The molecule has 3 rings (SSSR count). The van der Waals surface area contributed by atoms with Crippen LogP contribution >= 0.6 is 0 Å². The van der Waals surface area contributed by atoms with Gasteiger partial charge in [-0.3, -0.25) is 19.4 Å². The molecule has 12 heteroatoms. The van der Waals surface area contributed by atoms with Crippen molar-refractivity contribution in [2.45, 2.75) is 25.4 Å². The number of nitrogens with zero attached hydrogens (tertiary/aromatic N) is 2. The maximum Gasteiger partial charge on any atom is 0.573 e. The van der Waals surface area contributed by atoms with Crippen molar-refractivity contribution in [2.24, 2.45) is 7.05 Å². The number of imide groups is 1. The summed E-state index contributed by atoms with van der Waals surface area (Å²) in [5.74, 6) is -1.56. The summed E-state index contributed by atoms with van der Waals surface area (Å²) in [6.07, 6.45) is -4.99. The van der Waals surface area contributed by atoms with E-state index >= 15 is 0 Å². The van der Waals surface area contributed by atoms with Gasteiger partial charge in [-0.05, 0) is 29.5 Å². The minimum Gasteiger partial charge on any atom is -0.406 e. The molecule has 0 saturated carbocycles. The molecule has 0 spiro atoms. The Labute approximate surface area is 149 Å². The third kappa shape index (κ3) is 4.00. The second-order valence-electron chi connectivity index (χ2n) is 5.73. The van der Waals surface area contributed by atoms with Gasteiger partial charge in [0, 0.05) is 0 Å². The van der Waals surface area contributed by atoms with E-state index in [1.165, 1.54) is 16.8 Å². The molecule has 1 aromatic heterocycles. The molecule has 1 aliphatic rings. The van der Waals surface area contributed by atoms with E-state index < -0.39 is 35.6 Å². The fourth-order valence-electron chi connectivity index (χ4n) is 2.63. The van der Waals surface area contributed by atoms with Crippen molar-refractivity contribution in [3.8, 4) is 5.75 Å². The first-order chi connectivity index (χ1) is 12.7. The van der Waals surface area contributed by atoms with Crippen molar-refractivity contribution in [3.63, 3.8) is 0 Å². The Hall–Kier alpha value is -3.15. The van der Waals surface area contributed by atoms with Crippen molar-refractivity contribution in [1.82, 2.24) is 10.6 Å². The average Bonchev–Trinajstić information content (AvgIpc) is 3.04. The van der Waals surface area contributed by atoms with E-state index in [1.54, 1.807) is 7.05 Å². The van der Waals surface area contributed by atoms with Crippen LogP contribution in [0.1, 0.15) is 12.1 Å². The molecule has 2 N–H and O–H groups in total. The van der Waals surface area contributed by atoms with E-state index in [0.29, 0.717) is 0 Å². The summed E-state index contributed by atoms with van der Waals surface area (Å²) >= 11 is 0. The van der Waals surface area contributed by atoms with E-state index in [0.717, 1.165) is 17.0 Å². The molecular weight excluding hydrogens is 373 g/mol. The maximum absolute atomic E-state index is 12.5. The molecule has 1 saturated heterocycles. The monoisotopic (exact) mass is 387 g/mol. The number of aromatic nitrogens is 2. The van der Waals surface area contributed by atoms with E-state index in [1.807, 2.05) is 0 Å². The normalized spacial score (nSPS) is 17.6. The SMILES string of the molecule is C[n+]1[nH]oc(=O)c1CNC1CC(=O)N(c2ccc(OC(F)(F)F)cc2)C1=O. The first kappa shape index (κ1) is 18.6. The summed E-state index contributed by atoms with van der Waals surface area (Å²) in [6, 6.07) is 3.50. The topological polar surface area (TPSA) is 109 Å². The quantitative estimate of drug-likeness (QED) is 0.557. The van der Waals surface area contributed by atoms with Crippen LogP contribution in [0.4, 0.5) is 18.9 Å². The highest BCUT2D eigenvalue weighted by Gasteiger charge is 2.40. The molecule has 0 radical (unpaired) electrons. The Kier molecular flexibility index (Phi) is 4.74. The third-order valence-corrected chi connectivity index (χ3v) is 3.91. The number of hydrogen-bond donors (Lipinski definition) is 2. The number of halogens is 3. The van der Waals surface area contributed by atoms with Crippen LogP contribution in [0.25, 0.3) is 0 Å². The van der Waals surface area contributed by atoms with Crippen molar-refractivity contribution < 1.29 is 36.7 Å². The molecule has 1 fully saturated rings. The number of anilines is 1. The number of carbonyl (C=O) groups is 2. The number of rotatable bonds is 5. The summed E-state index contributed by atoms with van der Waals surface area (Å²) in [5.41, 5.74) is -0.267. The van der Waals surface area contributed by atoms with Gasteiger partial charge in [0.1, 0.15) is 5.75 Å². The minimum atomic E-state index is -4.84. The van der Waals surface area contributed by atoms with Crippen molar-refractivity contribution in [3.05, 3.63) is 40.4 Å². The number of nitrogens with one attached hydrogen (secondary N) is 2. The molecule has 1 aliphatic heterocycles. The lowest BCUT2D eigenvalue weighted by Crippen LogP contribution is -2.43. The van der Waals surface area contributed by atoms with Crippen molar-refractivity contribution in [2.75, 3.05) is 4.90 Å². The molecule has 0 aliphatic carbocycles. The molecule has 0 bridgehead atoms. The third-order valence-electron chi connectivity index (χ3n) is 3.91. The van der Waals surface area contributed by atoms with Crippen LogP contribution in [-0.4, -0.2) is 29.5 Å². The standard InChI is InChI=1S/C15H13F3N4O5/c1-21-11(14(25)27-20-21)7-19-10-6-12(23)22(13(10)24)8-2-4-9(5-3-8)26-15(16,17)18/h2-5,10,19H,6-7H2,1H3/p+1. The van der Waals surface area contributed by atoms with Crippen LogP contribution < -0.4 is 25.3 Å². The second kappa shape index (κ2) is 6.87. The zero-order valence-corrected chi connectivity index (χ0v) is 13.9. The lowest BCUT2D eigenvalue weighted by molar-refractivity contribution is -0.746. The predicted octanol–water partition coefficient (Wildman–Crippen LogP) is 0.113.